The number of carbonyl (C=O) groups excluding carboxylic acids is 1. The molecule has 0 radical (unpaired) electrons. The fourth-order valence-electron chi connectivity index (χ4n) is 2.90. The average molecular weight is 182 g/mol. The fourth-order valence-corrected chi connectivity index (χ4v) is 2.90. The Bertz CT molecular complexity index is 242. The zero-order valence-electron chi connectivity index (χ0n) is 8.58. The van der Waals surface area contributed by atoms with E-state index in [1.807, 2.05) is 20.8 Å². The maximum Gasteiger partial charge on any atom is 0.142 e. The van der Waals surface area contributed by atoms with E-state index in [-0.39, 0.29) is 23.4 Å². The van der Waals surface area contributed by atoms with Gasteiger partial charge in [0, 0.05) is 11.3 Å². The summed E-state index contributed by atoms with van der Waals surface area (Å²) in [7, 11) is 0. The number of fused-ring (bicyclic) bond motifs is 1. The molecule has 2 heteroatoms. The Hall–Kier alpha value is -0.370. The van der Waals surface area contributed by atoms with E-state index in [1.165, 1.54) is 0 Å². The van der Waals surface area contributed by atoms with E-state index in [2.05, 4.69) is 0 Å². The van der Waals surface area contributed by atoms with E-state index in [4.69, 9.17) is 0 Å². The first kappa shape index (κ1) is 9.20. The zero-order valence-corrected chi connectivity index (χ0v) is 8.58. The summed E-state index contributed by atoms with van der Waals surface area (Å²) in [5.41, 5.74) is -0.134. The average Bonchev–Trinajstić information content (AvgIpc) is 2.72. The number of aliphatic hydroxyl groups excluding tert-OH is 1. The van der Waals surface area contributed by atoms with Crippen LogP contribution in [0.25, 0.3) is 0 Å². The number of carbonyl (C=O) groups is 1. The van der Waals surface area contributed by atoms with Gasteiger partial charge in [-0.3, -0.25) is 4.79 Å². The Labute approximate surface area is 79.3 Å². The second-order valence-electron chi connectivity index (χ2n) is 5.29. The minimum absolute atomic E-state index is 0.134. The summed E-state index contributed by atoms with van der Waals surface area (Å²) >= 11 is 0. The van der Waals surface area contributed by atoms with Gasteiger partial charge in [-0.05, 0) is 31.6 Å². The van der Waals surface area contributed by atoms with E-state index in [0.717, 1.165) is 12.8 Å². The van der Waals surface area contributed by atoms with Crippen molar-refractivity contribution in [3.63, 3.8) is 0 Å². The standard InChI is InChI=1S/C11H18O2/c1-6(12)8-7-4-5-11(2,3)10(13)9(7)8/h6-9,12H,4-5H2,1-3H3. The number of Topliss-reactive ketones (excluding diaryl/α,β-unsaturated/α-hetero) is 1. The number of aliphatic hydroxyl groups is 1. The molecule has 0 aromatic carbocycles. The second-order valence-corrected chi connectivity index (χ2v) is 5.29. The third kappa shape index (κ3) is 1.23. The Balaban J connectivity index is 2.13. The van der Waals surface area contributed by atoms with Crippen LogP contribution in [-0.4, -0.2) is 17.0 Å². The number of ketones is 1. The highest BCUT2D eigenvalue weighted by molar-refractivity contribution is 5.90. The number of hydrogen-bond acceptors (Lipinski definition) is 2. The minimum Gasteiger partial charge on any atom is -0.393 e. The van der Waals surface area contributed by atoms with Gasteiger partial charge < -0.3 is 5.11 Å². The highest BCUT2D eigenvalue weighted by Crippen LogP contribution is 2.59. The maximum absolute atomic E-state index is 11.9. The van der Waals surface area contributed by atoms with Gasteiger partial charge in [-0.25, -0.2) is 0 Å². The fraction of sp³-hybridized carbons (Fsp3) is 0.909. The van der Waals surface area contributed by atoms with Crippen molar-refractivity contribution in [2.24, 2.45) is 23.2 Å². The largest absolute Gasteiger partial charge is 0.393 e. The van der Waals surface area contributed by atoms with Gasteiger partial charge in [0.1, 0.15) is 5.78 Å². The van der Waals surface area contributed by atoms with E-state index in [1.54, 1.807) is 0 Å². The van der Waals surface area contributed by atoms with Crippen molar-refractivity contribution in [2.75, 3.05) is 0 Å². The van der Waals surface area contributed by atoms with Gasteiger partial charge in [0.05, 0.1) is 6.10 Å². The second kappa shape index (κ2) is 2.57. The van der Waals surface area contributed by atoms with Gasteiger partial charge in [0.15, 0.2) is 0 Å². The molecule has 0 amide bonds. The Kier molecular flexibility index (Phi) is 1.82. The van der Waals surface area contributed by atoms with Crippen LogP contribution in [0.3, 0.4) is 0 Å². The van der Waals surface area contributed by atoms with E-state index in [0.29, 0.717) is 11.7 Å². The Morgan fingerprint density at radius 1 is 1.54 bits per heavy atom. The topological polar surface area (TPSA) is 37.3 Å². The summed E-state index contributed by atoms with van der Waals surface area (Å²) in [6.45, 7) is 5.87. The van der Waals surface area contributed by atoms with Crippen LogP contribution in [0.5, 0.6) is 0 Å². The van der Waals surface area contributed by atoms with Crippen LogP contribution >= 0.6 is 0 Å². The predicted octanol–water partition coefficient (Wildman–Crippen LogP) is 1.62. The van der Waals surface area contributed by atoms with Crippen LogP contribution < -0.4 is 0 Å². The molecular formula is C11H18O2. The highest BCUT2D eigenvalue weighted by atomic mass is 16.3. The molecule has 13 heavy (non-hydrogen) atoms. The molecule has 2 rings (SSSR count). The lowest BCUT2D eigenvalue weighted by molar-refractivity contribution is -0.131. The predicted molar refractivity (Wildman–Crippen MR) is 50.2 cm³/mol. The van der Waals surface area contributed by atoms with Gasteiger partial charge in [0.2, 0.25) is 0 Å². The lowest BCUT2D eigenvalue weighted by Gasteiger charge is -2.26. The van der Waals surface area contributed by atoms with Crippen molar-refractivity contribution >= 4 is 5.78 Å². The van der Waals surface area contributed by atoms with Gasteiger partial charge in [-0.15, -0.1) is 0 Å². The number of rotatable bonds is 1. The van der Waals surface area contributed by atoms with E-state index >= 15 is 0 Å². The highest BCUT2D eigenvalue weighted by Gasteiger charge is 2.61. The van der Waals surface area contributed by atoms with Crippen LogP contribution in [0.4, 0.5) is 0 Å². The molecule has 2 fully saturated rings. The Morgan fingerprint density at radius 2 is 2.15 bits per heavy atom. The van der Waals surface area contributed by atoms with Crippen molar-refractivity contribution < 1.29 is 9.90 Å². The molecule has 0 bridgehead atoms. The van der Waals surface area contributed by atoms with Gasteiger partial charge in [0.25, 0.3) is 0 Å². The summed E-state index contributed by atoms with van der Waals surface area (Å²) in [4.78, 5) is 11.9. The molecule has 0 aromatic heterocycles. The van der Waals surface area contributed by atoms with E-state index in [9.17, 15) is 9.90 Å². The number of hydrogen-bond donors (Lipinski definition) is 1. The first-order chi connectivity index (χ1) is 5.95. The molecule has 2 aliphatic rings. The molecule has 2 nitrogen and oxygen atoms in total. The first-order valence-electron chi connectivity index (χ1n) is 5.17. The summed E-state index contributed by atoms with van der Waals surface area (Å²) in [5.74, 6) is 1.34. The molecule has 74 valence electrons. The summed E-state index contributed by atoms with van der Waals surface area (Å²) in [5, 5.41) is 9.46. The summed E-state index contributed by atoms with van der Waals surface area (Å²) < 4.78 is 0. The van der Waals surface area contributed by atoms with Crippen molar-refractivity contribution in [2.45, 2.75) is 39.7 Å². The molecule has 0 heterocycles. The smallest absolute Gasteiger partial charge is 0.142 e. The molecule has 1 N–H and O–H groups in total. The van der Waals surface area contributed by atoms with Crippen molar-refractivity contribution in [1.82, 2.24) is 0 Å². The van der Waals surface area contributed by atoms with Gasteiger partial charge in [-0.1, -0.05) is 13.8 Å². The van der Waals surface area contributed by atoms with E-state index < -0.39 is 0 Å². The molecule has 4 unspecified atom stereocenters. The lowest BCUT2D eigenvalue weighted by atomic mass is 9.76. The van der Waals surface area contributed by atoms with Gasteiger partial charge in [-0.2, -0.15) is 0 Å². The van der Waals surface area contributed by atoms with Crippen LogP contribution in [0.2, 0.25) is 0 Å². The van der Waals surface area contributed by atoms with Crippen molar-refractivity contribution in [3.8, 4) is 0 Å². The zero-order chi connectivity index (χ0) is 9.80. The first-order valence-corrected chi connectivity index (χ1v) is 5.17. The molecule has 2 saturated carbocycles. The van der Waals surface area contributed by atoms with Crippen LogP contribution in [0, 0.1) is 23.2 Å². The third-order valence-electron chi connectivity index (χ3n) is 3.86. The molecule has 0 aromatic rings. The third-order valence-corrected chi connectivity index (χ3v) is 3.86. The van der Waals surface area contributed by atoms with Crippen LogP contribution in [-0.2, 0) is 4.79 Å². The van der Waals surface area contributed by atoms with Crippen LogP contribution in [0.1, 0.15) is 33.6 Å². The normalized spacial score (nSPS) is 44.0. The molecule has 4 atom stereocenters. The molecular weight excluding hydrogens is 164 g/mol. The van der Waals surface area contributed by atoms with Crippen molar-refractivity contribution in [3.05, 3.63) is 0 Å². The van der Waals surface area contributed by atoms with Crippen LogP contribution in [0.15, 0.2) is 0 Å². The SMILES string of the molecule is CC(O)C1C2CCC(C)(C)C(=O)C21. The molecule has 0 aliphatic heterocycles. The quantitative estimate of drug-likeness (QED) is 0.669. The lowest BCUT2D eigenvalue weighted by Crippen LogP contribution is -2.30. The molecule has 2 aliphatic carbocycles. The monoisotopic (exact) mass is 182 g/mol. The maximum atomic E-state index is 11.9. The van der Waals surface area contributed by atoms with Gasteiger partial charge >= 0.3 is 0 Å². The molecule has 0 saturated heterocycles. The Morgan fingerprint density at radius 3 is 2.69 bits per heavy atom. The summed E-state index contributed by atoms with van der Waals surface area (Å²) in [6.07, 6.45) is 1.82. The summed E-state index contributed by atoms with van der Waals surface area (Å²) in [6, 6.07) is 0. The van der Waals surface area contributed by atoms with Crippen molar-refractivity contribution in [1.29, 1.82) is 0 Å². The minimum atomic E-state index is -0.298. The molecule has 0 spiro atoms.